The second kappa shape index (κ2) is 9.39. The summed E-state index contributed by atoms with van der Waals surface area (Å²) in [5.74, 6) is 0.877. The third-order valence-corrected chi connectivity index (χ3v) is 3.46. The molecule has 20 heavy (non-hydrogen) atoms. The van der Waals surface area contributed by atoms with Gasteiger partial charge in [0.2, 0.25) is 0 Å². The molecule has 0 spiro atoms. The van der Waals surface area contributed by atoms with E-state index < -0.39 is 0 Å². The summed E-state index contributed by atoms with van der Waals surface area (Å²) < 4.78 is 5.42. The smallest absolute Gasteiger partial charge is 0.123 e. The third kappa shape index (κ3) is 5.22. The molecular formula is C17H26N2O. The molecule has 3 nitrogen and oxygen atoms in total. The van der Waals surface area contributed by atoms with Gasteiger partial charge in [0.25, 0.3) is 0 Å². The van der Waals surface area contributed by atoms with Gasteiger partial charge in [-0.05, 0) is 44.1 Å². The van der Waals surface area contributed by atoms with Crippen molar-refractivity contribution in [2.75, 3.05) is 20.2 Å². The molecule has 0 bridgehead atoms. The summed E-state index contributed by atoms with van der Waals surface area (Å²) in [6, 6.07) is 7.86. The van der Waals surface area contributed by atoms with E-state index in [9.17, 15) is 0 Å². The van der Waals surface area contributed by atoms with Crippen LogP contribution in [0, 0.1) is 11.3 Å². The number of nitriles is 1. The summed E-state index contributed by atoms with van der Waals surface area (Å²) in [5.41, 5.74) is 1.81. The van der Waals surface area contributed by atoms with Crippen molar-refractivity contribution in [2.24, 2.45) is 0 Å². The van der Waals surface area contributed by atoms with Crippen molar-refractivity contribution >= 4 is 0 Å². The highest BCUT2D eigenvalue weighted by molar-refractivity contribution is 5.42. The number of ether oxygens (including phenoxy) is 1. The van der Waals surface area contributed by atoms with Crippen LogP contribution in [0.3, 0.4) is 0 Å². The van der Waals surface area contributed by atoms with Gasteiger partial charge in [-0.3, -0.25) is 4.90 Å². The molecular weight excluding hydrogens is 248 g/mol. The summed E-state index contributed by atoms with van der Waals surface area (Å²) in [5, 5.41) is 9.04. The van der Waals surface area contributed by atoms with Gasteiger partial charge in [-0.1, -0.05) is 26.7 Å². The van der Waals surface area contributed by atoms with E-state index in [1.807, 2.05) is 18.2 Å². The van der Waals surface area contributed by atoms with E-state index in [1.165, 1.54) is 25.7 Å². The van der Waals surface area contributed by atoms with Crippen molar-refractivity contribution in [2.45, 2.75) is 46.1 Å². The lowest BCUT2D eigenvalue weighted by molar-refractivity contribution is 0.253. The Balaban J connectivity index is 2.81. The van der Waals surface area contributed by atoms with E-state index in [-0.39, 0.29) is 0 Å². The van der Waals surface area contributed by atoms with Crippen molar-refractivity contribution in [3.05, 3.63) is 29.3 Å². The molecule has 0 aromatic heterocycles. The lowest BCUT2D eigenvalue weighted by Gasteiger charge is -2.23. The lowest BCUT2D eigenvalue weighted by Crippen LogP contribution is -2.25. The molecule has 0 fully saturated rings. The molecule has 0 aliphatic carbocycles. The average Bonchev–Trinajstić information content (AvgIpc) is 2.49. The first-order valence-electron chi connectivity index (χ1n) is 7.54. The number of rotatable bonds is 9. The molecule has 0 saturated heterocycles. The highest BCUT2D eigenvalue weighted by atomic mass is 16.5. The summed E-state index contributed by atoms with van der Waals surface area (Å²) in [7, 11) is 1.69. The molecule has 0 atom stereocenters. The van der Waals surface area contributed by atoms with Gasteiger partial charge < -0.3 is 4.74 Å². The fraction of sp³-hybridized carbons (Fsp3) is 0.588. The Labute approximate surface area is 123 Å². The molecule has 0 N–H and O–H groups in total. The minimum atomic E-state index is 0.701. The van der Waals surface area contributed by atoms with Crippen LogP contribution in [0.2, 0.25) is 0 Å². The molecule has 0 heterocycles. The minimum absolute atomic E-state index is 0.701. The molecule has 1 aromatic carbocycles. The zero-order chi connectivity index (χ0) is 14.8. The Morgan fingerprint density at radius 3 is 2.30 bits per heavy atom. The van der Waals surface area contributed by atoms with E-state index in [4.69, 9.17) is 10.00 Å². The lowest BCUT2D eigenvalue weighted by atomic mass is 10.1. The molecule has 0 aliphatic heterocycles. The van der Waals surface area contributed by atoms with E-state index in [0.717, 1.165) is 30.9 Å². The van der Waals surface area contributed by atoms with Crippen molar-refractivity contribution in [3.8, 4) is 11.8 Å². The molecule has 1 aromatic rings. The largest absolute Gasteiger partial charge is 0.496 e. The maximum Gasteiger partial charge on any atom is 0.123 e. The van der Waals surface area contributed by atoms with Gasteiger partial charge in [0.05, 0.1) is 18.7 Å². The van der Waals surface area contributed by atoms with Gasteiger partial charge in [0.1, 0.15) is 5.75 Å². The zero-order valence-corrected chi connectivity index (χ0v) is 13.0. The number of nitrogens with zero attached hydrogens (tertiary/aromatic N) is 2. The minimum Gasteiger partial charge on any atom is -0.496 e. The number of unbranched alkanes of at least 4 members (excludes halogenated alkanes) is 2. The SMILES string of the molecule is CCCCN(CCCC)Cc1cc(C#N)ccc1OC. The monoisotopic (exact) mass is 274 g/mol. The molecule has 110 valence electrons. The van der Waals surface area contributed by atoms with Crippen LogP contribution in [0.1, 0.15) is 50.7 Å². The second-order valence-corrected chi connectivity index (χ2v) is 5.12. The average molecular weight is 274 g/mol. The fourth-order valence-corrected chi connectivity index (χ4v) is 2.25. The standard InChI is InChI=1S/C17H26N2O/c1-4-6-10-19(11-7-5-2)14-16-12-15(13-18)8-9-17(16)20-3/h8-9,12H,4-7,10-11,14H2,1-3H3. The molecule has 0 radical (unpaired) electrons. The Hall–Kier alpha value is -1.53. The van der Waals surface area contributed by atoms with Crippen molar-refractivity contribution in [3.63, 3.8) is 0 Å². The summed E-state index contributed by atoms with van der Waals surface area (Å²) in [6.07, 6.45) is 4.84. The van der Waals surface area contributed by atoms with Gasteiger partial charge in [-0.25, -0.2) is 0 Å². The summed E-state index contributed by atoms with van der Waals surface area (Å²) in [6.45, 7) is 7.51. The third-order valence-electron chi connectivity index (χ3n) is 3.46. The molecule has 0 aliphatic rings. The van der Waals surface area contributed by atoms with Crippen LogP contribution in [0.4, 0.5) is 0 Å². The van der Waals surface area contributed by atoms with Crippen molar-refractivity contribution < 1.29 is 4.74 Å². The van der Waals surface area contributed by atoms with Crippen molar-refractivity contribution in [1.82, 2.24) is 4.90 Å². The van der Waals surface area contributed by atoms with Crippen LogP contribution < -0.4 is 4.74 Å². The topological polar surface area (TPSA) is 36.3 Å². The van der Waals surface area contributed by atoms with Gasteiger partial charge in [-0.2, -0.15) is 5.26 Å². The van der Waals surface area contributed by atoms with E-state index in [2.05, 4.69) is 24.8 Å². The van der Waals surface area contributed by atoms with Crippen LogP contribution >= 0.6 is 0 Å². The van der Waals surface area contributed by atoms with Gasteiger partial charge in [0.15, 0.2) is 0 Å². The highest BCUT2D eigenvalue weighted by Crippen LogP contribution is 2.22. The fourth-order valence-electron chi connectivity index (χ4n) is 2.25. The first kappa shape index (κ1) is 16.5. The van der Waals surface area contributed by atoms with Gasteiger partial charge >= 0.3 is 0 Å². The number of methoxy groups -OCH3 is 1. The normalized spacial score (nSPS) is 10.6. The number of benzene rings is 1. The number of hydrogen-bond acceptors (Lipinski definition) is 3. The summed E-state index contributed by atoms with van der Waals surface area (Å²) in [4.78, 5) is 2.46. The quantitative estimate of drug-likeness (QED) is 0.683. The summed E-state index contributed by atoms with van der Waals surface area (Å²) >= 11 is 0. The maximum atomic E-state index is 9.04. The highest BCUT2D eigenvalue weighted by Gasteiger charge is 2.10. The van der Waals surface area contributed by atoms with Crippen LogP contribution in [0.5, 0.6) is 5.75 Å². The Bertz CT molecular complexity index is 429. The first-order chi connectivity index (χ1) is 9.74. The molecule has 0 amide bonds. The Morgan fingerprint density at radius 1 is 1.15 bits per heavy atom. The van der Waals surface area contributed by atoms with Crippen LogP contribution in [-0.2, 0) is 6.54 Å². The van der Waals surface area contributed by atoms with Gasteiger partial charge in [0, 0.05) is 12.1 Å². The molecule has 3 heteroatoms. The van der Waals surface area contributed by atoms with Crippen LogP contribution in [0.15, 0.2) is 18.2 Å². The predicted molar refractivity (Wildman–Crippen MR) is 82.8 cm³/mol. The van der Waals surface area contributed by atoms with E-state index >= 15 is 0 Å². The Morgan fingerprint density at radius 2 is 1.80 bits per heavy atom. The van der Waals surface area contributed by atoms with Crippen LogP contribution in [-0.4, -0.2) is 25.1 Å². The second-order valence-electron chi connectivity index (χ2n) is 5.12. The first-order valence-corrected chi connectivity index (χ1v) is 7.54. The van der Waals surface area contributed by atoms with E-state index in [0.29, 0.717) is 5.56 Å². The van der Waals surface area contributed by atoms with Crippen LogP contribution in [0.25, 0.3) is 0 Å². The number of hydrogen-bond donors (Lipinski definition) is 0. The predicted octanol–water partition coefficient (Wildman–Crippen LogP) is 3.97. The van der Waals surface area contributed by atoms with Crippen molar-refractivity contribution in [1.29, 1.82) is 5.26 Å². The zero-order valence-electron chi connectivity index (χ0n) is 13.0. The van der Waals surface area contributed by atoms with Gasteiger partial charge in [-0.15, -0.1) is 0 Å². The molecule has 1 rings (SSSR count). The Kier molecular flexibility index (Phi) is 7.75. The maximum absolute atomic E-state index is 9.04. The van der Waals surface area contributed by atoms with E-state index in [1.54, 1.807) is 7.11 Å². The molecule has 0 saturated carbocycles. The molecule has 0 unspecified atom stereocenters.